The zero-order valence-electron chi connectivity index (χ0n) is 53.1. The van der Waals surface area contributed by atoms with E-state index >= 15 is 0 Å². The predicted octanol–water partition coefficient (Wildman–Crippen LogP) is 22.9. The van der Waals surface area contributed by atoms with Crippen molar-refractivity contribution in [3.05, 3.63) is 48.6 Å². The zero-order chi connectivity index (χ0) is 57.1. The summed E-state index contributed by atoms with van der Waals surface area (Å²) in [6, 6.07) is -0.627. The van der Waals surface area contributed by atoms with Gasteiger partial charge in [-0.2, -0.15) is 0 Å². The number of ether oxygens (including phenoxy) is 1. The van der Waals surface area contributed by atoms with Crippen molar-refractivity contribution in [3.63, 3.8) is 0 Å². The Bertz CT molecular complexity index is 1320. The summed E-state index contributed by atoms with van der Waals surface area (Å²) in [6.45, 7) is 4.90. The van der Waals surface area contributed by atoms with Gasteiger partial charge in [0, 0.05) is 12.8 Å². The molecule has 0 saturated carbocycles. The van der Waals surface area contributed by atoms with Gasteiger partial charge < -0.3 is 20.3 Å². The van der Waals surface area contributed by atoms with Gasteiger partial charge in [0.15, 0.2) is 0 Å². The number of hydrogen-bond acceptors (Lipinski definition) is 5. The van der Waals surface area contributed by atoms with Crippen molar-refractivity contribution >= 4 is 11.9 Å². The summed E-state index contributed by atoms with van der Waals surface area (Å²) in [7, 11) is 0. The Labute approximate surface area is 493 Å². The van der Waals surface area contributed by atoms with E-state index in [1.165, 1.54) is 302 Å². The Morgan fingerprint density at radius 3 is 1.00 bits per heavy atom. The molecule has 0 heterocycles. The van der Waals surface area contributed by atoms with Gasteiger partial charge in [-0.15, -0.1) is 0 Å². The molecular weight excluding hydrogens is 971 g/mol. The fraction of sp³-hybridized carbons (Fsp3) is 0.863. The molecule has 2 atom stereocenters. The second-order valence-electron chi connectivity index (χ2n) is 24.2. The predicted molar refractivity (Wildman–Crippen MR) is 347 cm³/mol. The van der Waals surface area contributed by atoms with Crippen LogP contribution in [0.5, 0.6) is 0 Å². The molecule has 0 aromatic carbocycles. The first-order valence-corrected chi connectivity index (χ1v) is 35.4. The highest BCUT2D eigenvalue weighted by Gasteiger charge is 2.18. The van der Waals surface area contributed by atoms with E-state index in [-0.39, 0.29) is 18.5 Å². The maximum absolute atomic E-state index is 12.5. The number of nitrogens with one attached hydrogen (secondary N) is 1. The summed E-state index contributed by atoms with van der Waals surface area (Å²) in [5, 5.41) is 23.2. The van der Waals surface area contributed by atoms with Crippen LogP contribution in [0.25, 0.3) is 0 Å². The van der Waals surface area contributed by atoms with Gasteiger partial charge in [0.25, 0.3) is 0 Å². The lowest BCUT2D eigenvalue weighted by Gasteiger charge is -2.20. The smallest absolute Gasteiger partial charge is 0.305 e. The maximum atomic E-state index is 12.5. The highest BCUT2D eigenvalue weighted by molar-refractivity contribution is 5.76. The zero-order valence-corrected chi connectivity index (χ0v) is 53.1. The quantitative estimate of drug-likeness (QED) is 0.0320. The van der Waals surface area contributed by atoms with Crippen LogP contribution >= 0.6 is 0 Å². The standard InChI is InChI=1S/C73H137NO5/c1-3-5-7-9-11-13-15-17-19-34-39-43-47-51-55-59-63-67-73(78)79-68-64-60-56-52-48-44-40-36-33-31-29-27-25-23-21-20-22-24-26-28-30-32-35-38-42-46-50-54-58-62-66-72(77)74-70(69-75)71(76)65-61-57-53-49-45-41-37-18-16-14-12-10-8-6-4-2/h11,13,17,19,21,23,61,65,70-71,75-76H,3-10,12,14-16,18,20,22,24-60,62-64,66-69H2,1-2H3,(H,74,77)/b13-11-,19-17-,23-21-,65-61+. The van der Waals surface area contributed by atoms with E-state index in [1.807, 2.05) is 6.08 Å². The third-order valence-corrected chi connectivity index (χ3v) is 16.3. The normalized spacial score (nSPS) is 12.8. The van der Waals surface area contributed by atoms with Crippen LogP contribution in [0.3, 0.4) is 0 Å². The van der Waals surface area contributed by atoms with Gasteiger partial charge in [-0.1, -0.05) is 326 Å². The third kappa shape index (κ3) is 64.8. The van der Waals surface area contributed by atoms with Gasteiger partial charge in [0.05, 0.1) is 25.4 Å². The Balaban J connectivity index is 3.38. The second kappa shape index (κ2) is 68.3. The number of carbonyl (C=O) groups is 2. The lowest BCUT2D eigenvalue weighted by Crippen LogP contribution is -2.45. The largest absolute Gasteiger partial charge is 0.466 e. The molecule has 0 aromatic rings. The van der Waals surface area contributed by atoms with Crippen molar-refractivity contribution in [1.29, 1.82) is 0 Å². The minimum atomic E-state index is -0.844. The molecule has 464 valence electrons. The first kappa shape index (κ1) is 76.8. The number of carbonyl (C=O) groups excluding carboxylic acids is 2. The Morgan fingerprint density at radius 2 is 0.633 bits per heavy atom. The van der Waals surface area contributed by atoms with E-state index in [2.05, 4.69) is 55.6 Å². The topological polar surface area (TPSA) is 95.9 Å². The first-order chi connectivity index (χ1) is 39.0. The fourth-order valence-electron chi connectivity index (χ4n) is 10.9. The molecule has 0 saturated heterocycles. The van der Waals surface area contributed by atoms with Gasteiger partial charge in [-0.25, -0.2) is 0 Å². The van der Waals surface area contributed by atoms with Crippen LogP contribution in [0.2, 0.25) is 0 Å². The summed E-state index contributed by atoms with van der Waals surface area (Å²) in [4.78, 5) is 24.6. The van der Waals surface area contributed by atoms with Gasteiger partial charge in [-0.05, 0) is 89.9 Å². The SMILES string of the molecule is CCCCC/C=C\C/C=C\CCCCCCCCCC(=O)OCCCCCCCCCCCCCC/C=C\CCCCCCCCCCCCCCCCC(=O)NC(CO)C(O)/C=C/CCCCCCCCCCCCCCC. The molecule has 6 nitrogen and oxygen atoms in total. The Hall–Kier alpha value is -2.18. The van der Waals surface area contributed by atoms with Crippen LogP contribution in [-0.4, -0.2) is 47.4 Å². The molecule has 0 aliphatic heterocycles. The number of hydrogen-bond donors (Lipinski definition) is 3. The molecule has 0 radical (unpaired) electrons. The minimum absolute atomic E-state index is 0.00910. The third-order valence-electron chi connectivity index (χ3n) is 16.3. The van der Waals surface area contributed by atoms with Crippen LogP contribution in [0.15, 0.2) is 48.6 Å². The molecule has 0 aliphatic rings. The molecule has 0 aromatic heterocycles. The Morgan fingerprint density at radius 1 is 0.354 bits per heavy atom. The fourth-order valence-corrected chi connectivity index (χ4v) is 10.9. The van der Waals surface area contributed by atoms with Crippen molar-refractivity contribution < 1.29 is 24.5 Å². The van der Waals surface area contributed by atoms with Crippen LogP contribution in [0.4, 0.5) is 0 Å². The van der Waals surface area contributed by atoms with Crippen LogP contribution in [0.1, 0.15) is 380 Å². The van der Waals surface area contributed by atoms with Gasteiger partial charge in [0.2, 0.25) is 5.91 Å². The average Bonchev–Trinajstić information content (AvgIpc) is 3.45. The second-order valence-corrected chi connectivity index (χ2v) is 24.2. The average molecular weight is 1110 g/mol. The Kier molecular flexibility index (Phi) is 66.4. The number of unbranched alkanes of at least 4 members (excludes halogenated alkanes) is 49. The highest BCUT2D eigenvalue weighted by Crippen LogP contribution is 2.18. The van der Waals surface area contributed by atoms with E-state index in [0.717, 1.165) is 51.4 Å². The molecule has 0 bridgehead atoms. The van der Waals surface area contributed by atoms with Crippen molar-refractivity contribution in [3.8, 4) is 0 Å². The molecule has 1 amide bonds. The lowest BCUT2D eigenvalue weighted by atomic mass is 10.0. The van der Waals surface area contributed by atoms with Crippen LogP contribution in [-0.2, 0) is 14.3 Å². The van der Waals surface area contributed by atoms with Gasteiger partial charge in [0.1, 0.15) is 0 Å². The molecule has 0 fully saturated rings. The van der Waals surface area contributed by atoms with E-state index in [4.69, 9.17) is 4.74 Å². The number of rotatable bonds is 66. The molecule has 0 rings (SSSR count). The summed E-state index contributed by atoms with van der Waals surface area (Å²) in [5.41, 5.74) is 0. The maximum Gasteiger partial charge on any atom is 0.305 e. The van der Waals surface area contributed by atoms with Crippen molar-refractivity contribution in [2.45, 2.75) is 392 Å². The number of amides is 1. The molecule has 0 aliphatic carbocycles. The van der Waals surface area contributed by atoms with Gasteiger partial charge >= 0.3 is 5.97 Å². The summed E-state index contributed by atoms with van der Waals surface area (Å²) in [6.07, 6.45) is 89.0. The van der Waals surface area contributed by atoms with E-state index in [0.29, 0.717) is 19.4 Å². The molecule has 79 heavy (non-hydrogen) atoms. The lowest BCUT2D eigenvalue weighted by molar-refractivity contribution is -0.143. The molecule has 2 unspecified atom stereocenters. The van der Waals surface area contributed by atoms with Crippen LogP contribution in [0, 0.1) is 0 Å². The summed E-state index contributed by atoms with van der Waals surface area (Å²) < 4.78 is 5.50. The van der Waals surface area contributed by atoms with Crippen molar-refractivity contribution in [2.24, 2.45) is 0 Å². The van der Waals surface area contributed by atoms with E-state index in [9.17, 15) is 19.8 Å². The number of esters is 1. The molecular formula is C73H137NO5. The van der Waals surface area contributed by atoms with Crippen molar-refractivity contribution in [1.82, 2.24) is 5.32 Å². The van der Waals surface area contributed by atoms with Crippen molar-refractivity contribution in [2.75, 3.05) is 13.2 Å². The number of aliphatic hydroxyl groups is 2. The van der Waals surface area contributed by atoms with Gasteiger partial charge in [-0.3, -0.25) is 9.59 Å². The number of aliphatic hydroxyl groups excluding tert-OH is 2. The number of allylic oxidation sites excluding steroid dienone is 7. The molecule has 3 N–H and O–H groups in total. The van der Waals surface area contributed by atoms with E-state index in [1.54, 1.807) is 6.08 Å². The summed E-state index contributed by atoms with van der Waals surface area (Å²) >= 11 is 0. The first-order valence-electron chi connectivity index (χ1n) is 35.4. The molecule has 0 spiro atoms. The molecule has 6 heteroatoms. The van der Waals surface area contributed by atoms with Crippen LogP contribution < -0.4 is 5.32 Å². The van der Waals surface area contributed by atoms with E-state index < -0.39 is 12.1 Å². The highest BCUT2D eigenvalue weighted by atomic mass is 16.5. The minimum Gasteiger partial charge on any atom is -0.466 e. The monoisotopic (exact) mass is 1110 g/mol. The summed E-state index contributed by atoms with van der Waals surface area (Å²) in [5.74, 6) is -0.0557.